The van der Waals surface area contributed by atoms with Crippen LogP contribution in [0.15, 0.2) is 36.0 Å². The Morgan fingerprint density at radius 1 is 1.30 bits per heavy atom. The largest absolute Gasteiger partial charge is 0.462 e. The number of carbonyl (C=O) groups excluding carboxylic acids is 2. The van der Waals surface area contributed by atoms with Gasteiger partial charge < -0.3 is 15.4 Å². The topological polar surface area (TPSA) is 91.2 Å². The van der Waals surface area contributed by atoms with Crippen LogP contribution in [0.4, 0.5) is 5.69 Å². The van der Waals surface area contributed by atoms with Crippen molar-refractivity contribution in [1.29, 1.82) is 5.26 Å². The summed E-state index contributed by atoms with van der Waals surface area (Å²) in [7, 11) is 0. The molecule has 0 saturated carbocycles. The lowest BCUT2D eigenvalue weighted by Crippen LogP contribution is -2.19. The van der Waals surface area contributed by atoms with Crippen LogP contribution >= 0.6 is 0 Å². The van der Waals surface area contributed by atoms with E-state index in [0.29, 0.717) is 18.8 Å². The van der Waals surface area contributed by atoms with Crippen molar-refractivity contribution in [3.05, 3.63) is 41.6 Å². The molecular formula is C17H21N3O3. The van der Waals surface area contributed by atoms with Gasteiger partial charge in [0.1, 0.15) is 11.6 Å². The van der Waals surface area contributed by atoms with E-state index >= 15 is 0 Å². The van der Waals surface area contributed by atoms with Gasteiger partial charge in [-0.05, 0) is 25.5 Å². The van der Waals surface area contributed by atoms with Crippen molar-refractivity contribution in [2.24, 2.45) is 0 Å². The van der Waals surface area contributed by atoms with Crippen LogP contribution in [-0.4, -0.2) is 25.0 Å². The number of nitrogens with one attached hydrogen (secondary N) is 2. The number of rotatable bonds is 8. The Bertz CT molecular complexity index is 618. The number of hydrogen-bond donors (Lipinski definition) is 2. The Hall–Kier alpha value is -2.81. The molecular weight excluding hydrogens is 294 g/mol. The van der Waals surface area contributed by atoms with Gasteiger partial charge in [-0.3, -0.25) is 4.79 Å². The lowest BCUT2D eigenvalue weighted by Gasteiger charge is -2.10. The van der Waals surface area contributed by atoms with Crippen molar-refractivity contribution in [2.75, 3.05) is 18.5 Å². The molecule has 0 unspecified atom stereocenters. The van der Waals surface area contributed by atoms with Gasteiger partial charge in [0.15, 0.2) is 0 Å². The number of carbonyl (C=O) groups is 2. The van der Waals surface area contributed by atoms with Crippen LogP contribution in [0.25, 0.3) is 0 Å². The summed E-state index contributed by atoms with van der Waals surface area (Å²) in [4.78, 5) is 24.2. The number of nitrogens with zero attached hydrogens (tertiary/aromatic N) is 1. The lowest BCUT2D eigenvalue weighted by molar-refractivity contribution is -0.112. The summed E-state index contributed by atoms with van der Waals surface area (Å²) in [6, 6.07) is 8.36. The first-order valence-corrected chi connectivity index (χ1v) is 7.55. The molecule has 6 nitrogen and oxygen atoms in total. The second-order valence-electron chi connectivity index (χ2n) is 4.72. The molecule has 0 fully saturated rings. The third-order valence-corrected chi connectivity index (χ3v) is 2.94. The number of hydrogen-bond acceptors (Lipinski definition) is 5. The molecule has 0 bridgehead atoms. The number of nitriles is 1. The first kappa shape index (κ1) is 18.2. The van der Waals surface area contributed by atoms with Crippen LogP contribution in [-0.2, 0) is 9.53 Å². The van der Waals surface area contributed by atoms with Crippen molar-refractivity contribution in [3.8, 4) is 6.07 Å². The predicted molar refractivity (Wildman–Crippen MR) is 87.6 cm³/mol. The number of anilines is 1. The van der Waals surface area contributed by atoms with Crippen LogP contribution in [0, 0.1) is 11.3 Å². The fourth-order valence-electron chi connectivity index (χ4n) is 1.70. The van der Waals surface area contributed by atoms with E-state index < -0.39 is 11.9 Å². The maximum absolute atomic E-state index is 12.1. The van der Waals surface area contributed by atoms with Gasteiger partial charge in [-0.15, -0.1) is 0 Å². The van der Waals surface area contributed by atoms with Gasteiger partial charge in [0.2, 0.25) is 0 Å². The standard InChI is InChI=1S/C17H21N3O3/c1-3-5-10-23-17(22)14-8-6-7-9-15(14)20-16(21)13(11-18)12-19-4-2/h6-9,12,19H,3-5,10H2,1-2H3,(H,20,21)/b13-12-. The normalized spacial score (nSPS) is 10.6. The zero-order chi connectivity index (χ0) is 17.1. The summed E-state index contributed by atoms with van der Waals surface area (Å²) in [5.41, 5.74) is 0.510. The zero-order valence-corrected chi connectivity index (χ0v) is 13.4. The molecule has 0 heterocycles. The summed E-state index contributed by atoms with van der Waals surface area (Å²) in [6.45, 7) is 4.79. The highest BCUT2D eigenvalue weighted by Gasteiger charge is 2.16. The molecule has 0 spiro atoms. The van der Waals surface area contributed by atoms with E-state index in [0.717, 1.165) is 12.8 Å². The van der Waals surface area contributed by atoms with E-state index in [4.69, 9.17) is 10.00 Å². The van der Waals surface area contributed by atoms with Crippen molar-refractivity contribution in [3.63, 3.8) is 0 Å². The average molecular weight is 315 g/mol. The third-order valence-electron chi connectivity index (χ3n) is 2.94. The lowest BCUT2D eigenvalue weighted by atomic mass is 10.1. The third kappa shape index (κ3) is 5.83. The zero-order valence-electron chi connectivity index (χ0n) is 13.4. The first-order valence-electron chi connectivity index (χ1n) is 7.55. The Morgan fingerprint density at radius 3 is 2.70 bits per heavy atom. The van der Waals surface area contributed by atoms with E-state index in [2.05, 4.69) is 10.6 Å². The molecule has 0 radical (unpaired) electrons. The predicted octanol–water partition coefficient (Wildman–Crippen LogP) is 2.60. The molecule has 0 aliphatic carbocycles. The van der Waals surface area contributed by atoms with Gasteiger partial charge in [0.25, 0.3) is 5.91 Å². The SMILES string of the molecule is CCCCOC(=O)c1ccccc1NC(=O)/C(C#N)=C\NCC. The molecule has 122 valence electrons. The molecule has 6 heteroatoms. The van der Waals surface area contributed by atoms with Crippen LogP contribution < -0.4 is 10.6 Å². The van der Waals surface area contributed by atoms with Gasteiger partial charge in [0.05, 0.1) is 17.9 Å². The molecule has 0 aliphatic rings. The van der Waals surface area contributed by atoms with Gasteiger partial charge in [0, 0.05) is 12.7 Å². The Kier molecular flexibility index (Phi) is 7.94. The molecule has 0 aliphatic heterocycles. The minimum Gasteiger partial charge on any atom is -0.462 e. The van der Waals surface area contributed by atoms with Gasteiger partial charge in [-0.25, -0.2) is 4.79 Å². The van der Waals surface area contributed by atoms with E-state index in [-0.39, 0.29) is 11.1 Å². The summed E-state index contributed by atoms with van der Waals surface area (Å²) in [5, 5.41) is 14.4. The summed E-state index contributed by atoms with van der Waals surface area (Å²) in [6.07, 6.45) is 3.05. The first-order chi connectivity index (χ1) is 11.1. The molecule has 1 rings (SSSR count). The molecule has 0 aromatic heterocycles. The van der Waals surface area contributed by atoms with E-state index in [1.165, 1.54) is 6.20 Å². The number of benzene rings is 1. The van der Waals surface area contributed by atoms with E-state index in [9.17, 15) is 9.59 Å². The molecule has 23 heavy (non-hydrogen) atoms. The number of esters is 1. The van der Waals surface area contributed by atoms with E-state index in [1.807, 2.05) is 19.9 Å². The molecule has 1 amide bonds. The summed E-state index contributed by atoms with van der Waals surface area (Å²) < 4.78 is 5.16. The molecule has 1 aromatic rings. The van der Waals surface area contributed by atoms with E-state index in [1.54, 1.807) is 24.3 Å². The summed E-state index contributed by atoms with van der Waals surface area (Å²) in [5.74, 6) is -1.08. The van der Waals surface area contributed by atoms with Crippen LogP contribution in [0.5, 0.6) is 0 Å². The molecule has 2 N–H and O–H groups in total. The van der Waals surface area contributed by atoms with Gasteiger partial charge in [-0.2, -0.15) is 5.26 Å². The van der Waals surface area contributed by atoms with Crippen molar-refractivity contribution in [2.45, 2.75) is 26.7 Å². The number of amides is 1. The van der Waals surface area contributed by atoms with Crippen molar-refractivity contribution in [1.82, 2.24) is 5.32 Å². The van der Waals surface area contributed by atoms with Crippen LogP contribution in [0.2, 0.25) is 0 Å². The Labute approximate surface area is 136 Å². The smallest absolute Gasteiger partial charge is 0.340 e. The van der Waals surface area contributed by atoms with Crippen LogP contribution in [0.3, 0.4) is 0 Å². The highest BCUT2D eigenvalue weighted by atomic mass is 16.5. The minimum atomic E-state index is -0.581. The highest BCUT2D eigenvalue weighted by Crippen LogP contribution is 2.17. The Balaban J connectivity index is 2.87. The maximum atomic E-state index is 12.1. The minimum absolute atomic E-state index is 0.0685. The summed E-state index contributed by atoms with van der Waals surface area (Å²) >= 11 is 0. The van der Waals surface area contributed by atoms with Gasteiger partial charge in [-0.1, -0.05) is 25.5 Å². The highest BCUT2D eigenvalue weighted by molar-refractivity contribution is 6.09. The number of ether oxygens (including phenoxy) is 1. The fraction of sp³-hybridized carbons (Fsp3) is 0.353. The second-order valence-corrected chi connectivity index (χ2v) is 4.72. The molecule has 0 saturated heterocycles. The average Bonchev–Trinajstić information content (AvgIpc) is 2.56. The van der Waals surface area contributed by atoms with Crippen molar-refractivity contribution >= 4 is 17.6 Å². The van der Waals surface area contributed by atoms with Crippen LogP contribution in [0.1, 0.15) is 37.0 Å². The second kappa shape index (κ2) is 10.0. The number of unbranched alkanes of at least 4 members (excludes halogenated alkanes) is 1. The van der Waals surface area contributed by atoms with Crippen molar-refractivity contribution < 1.29 is 14.3 Å². The fourth-order valence-corrected chi connectivity index (χ4v) is 1.70. The maximum Gasteiger partial charge on any atom is 0.340 e. The Morgan fingerprint density at radius 2 is 2.04 bits per heavy atom. The monoisotopic (exact) mass is 315 g/mol. The number of para-hydroxylation sites is 1. The molecule has 1 aromatic carbocycles. The quantitative estimate of drug-likeness (QED) is 0.333. The van der Waals surface area contributed by atoms with Gasteiger partial charge >= 0.3 is 5.97 Å². The molecule has 0 atom stereocenters.